The molecule has 28 heavy (non-hydrogen) atoms. The number of hydrogen-bond donors (Lipinski definition) is 1. The van der Waals surface area contributed by atoms with Crippen LogP contribution < -0.4 is 9.47 Å². The summed E-state index contributed by atoms with van der Waals surface area (Å²) >= 11 is 5.91. The molecule has 0 bridgehead atoms. The van der Waals surface area contributed by atoms with Gasteiger partial charge in [0.1, 0.15) is 0 Å². The molecule has 2 aromatic rings. The number of rotatable bonds is 8. The van der Waals surface area contributed by atoms with Crippen LogP contribution in [0.4, 0.5) is 0 Å². The average molecular weight is 426 g/mol. The van der Waals surface area contributed by atoms with Gasteiger partial charge in [-0.3, -0.25) is 0 Å². The molecule has 1 aliphatic rings. The fourth-order valence-electron chi connectivity index (χ4n) is 3.20. The van der Waals surface area contributed by atoms with Gasteiger partial charge in [-0.15, -0.1) is 0 Å². The van der Waals surface area contributed by atoms with Crippen LogP contribution in [-0.2, 0) is 16.6 Å². The molecule has 0 spiro atoms. The first kappa shape index (κ1) is 20.9. The number of benzene rings is 2. The molecule has 6 nitrogen and oxygen atoms in total. The van der Waals surface area contributed by atoms with Crippen molar-refractivity contribution in [3.8, 4) is 11.5 Å². The van der Waals surface area contributed by atoms with Gasteiger partial charge in [0.05, 0.1) is 11.5 Å². The molecule has 1 atom stereocenters. The van der Waals surface area contributed by atoms with Crippen LogP contribution in [0, 0.1) is 5.92 Å². The van der Waals surface area contributed by atoms with E-state index in [2.05, 4.69) is 0 Å². The molecule has 0 saturated carbocycles. The van der Waals surface area contributed by atoms with Gasteiger partial charge in [-0.2, -0.15) is 4.31 Å². The Morgan fingerprint density at radius 1 is 1.11 bits per heavy atom. The second-order valence-corrected chi connectivity index (χ2v) is 9.48. The first-order valence-corrected chi connectivity index (χ1v) is 10.9. The normalized spacial score (nSPS) is 14.6. The maximum Gasteiger partial charge on any atom is 0.243 e. The van der Waals surface area contributed by atoms with Gasteiger partial charge in [0.2, 0.25) is 16.8 Å². The maximum atomic E-state index is 13.4. The monoisotopic (exact) mass is 425 g/mol. The molecule has 1 unspecified atom stereocenters. The van der Waals surface area contributed by atoms with E-state index in [1.54, 1.807) is 24.3 Å². The quantitative estimate of drug-likeness (QED) is 0.698. The molecular formula is C20H24ClNO5S. The highest BCUT2D eigenvalue weighted by Gasteiger charge is 2.32. The first-order valence-electron chi connectivity index (χ1n) is 9.08. The molecule has 0 fully saturated rings. The van der Waals surface area contributed by atoms with Gasteiger partial charge in [0, 0.05) is 17.6 Å². The number of hydrogen-bond acceptors (Lipinski definition) is 5. The summed E-state index contributed by atoms with van der Waals surface area (Å²) in [6, 6.07) is 10.8. The highest BCUT2D eigenvalue weighted by atomic mass is 35.5. The summed E-state index contributed by atoms with van der Waals surface area (Å²) in [6.07, 6.45) is 0.536. The van der Waals surface area contributed by atoms with E-state index in [-0.39, 0.29) is 30.8 Å². The van der Waals surface area contributed by atoms with E-state index < -0.39 is 16.1 Å². The van der Waals surface area contributed by atoms with Gasteiger partial charge >= 0.3 is 0 Å². The second kappa shape index (κ2) is 8.69. The predicted molar refractivity (Wildman–Crippen MR) is 107 cm³/mol. The van der Waals surface area contributed by atoms with Crippen molar-refractivity contribution in [2.24, 2.45) is 5.92 Å². The Morgan fingerprint density at radius 3 is 2.43 bits per heavy atom. The van der Waals surface area contributed by atoms with Crippen molar-refractivity contribution in [2.45, 2.75) is 37.8 Å². The summed E-state index contributed by atoms with van der Waals surface area (Å²) in [4.78, 5) is 0.139. The van der Waals surface area contributed by atoms with E-state index in [0.29, 0.717) is 22.9 Å². The van der Waals surface area contributed by atoms with Gasteiger partial charge in [0.15, 0.2) is 11.5 Å². The molecular weight excluding hydrogens is 402 g/mol. The van der Waals surface area contributed by atoms with E-state index >= 15 is 0 Å². The minimum absolute atomic E-state index is 0.111. The van der Waals surface area contributed by atoms with Crippen LogP contribution in [0.1, 0.15) is 25.8 Å². The van der Waals surface area contributed by atoms with E-state index in [4.69, 9.17) is 21.1 Å². The Labute approximate surface area is 170 Å². The Hall–Kier alpha value is -1.80. The molecule has 8 heteroatoms. The second-order valence-electron chi connectivity index (χ2n) is 7.16. The summed E-state index contributed by atoms with van der Waals surface area (Å²) < 4.78 is 38.8. The van der Waals surface area contributed by atoms with Gasteiger partial charge in [-0.1, -0.05) is 31.5 Å². The van der Waals surface area contributed by atoms with Crippen molar-refractivity contribution in [3.63, 3.8) is 0 Å². The van der Waals surface area contributed by atoms with Crippen molar-refractivity contribution in [2.75, 3.05) is 13.4 Å². The fraction of sp³-hybridized carbons (Fsp3) is 0.400. The molecule has 2 aromatic carbocycles. The molecule has 1 N–H and O–H groups in total. The maximum absolute atomic E-state index is 13.4. The Morgan fingerprint density at radius 2 is 1.79 bits per heavy atom. The summed E-state index contributed by atoms with van der Waals surface area (Å²) in [6.45, 7) is 3.99. The number of aliphatic hydroxyl groups is 1. The predicted octanol–water partition coefficient (Wildman–Crippen LogP) is 3.67. The van der Waals surface area contributed by atoms with Crippen molar-refractivity contribution < 1.29 is 23.0 Å². The van der Waals surface area contributed by atoms with Gasteiger partial charge in [-0.05, 0) is 54.3 Å². The zero-order chi connectivity index (χ0) is 20.3. The highest BCUT2D eigenvalue weighted by molar-refractivity contribution is 7.89. The number of fused-ring (bicyclic) bond motifs is 1. The molecule has 0 aliphatic carbocycles. The summed E-state index contributed by atoms with van der Waals surface area (Å²) in [5.74, 6) is 1.44. The van der Waals surface area contributed by atoms with Crippen LogP contribution in [0.2, 0.25) is 5.02 Å². The fourth-order valence-corrected chi connectivity index (χ4v) is 4.94. The van der Waals surface area contributed by atoms with Crippen molar-refractivity contribution in [3.05, 3.63) is 53.1 Å². The SMILES string of the molecule is CC(C)CC(CO)N(Cc1ccc2c(c1)OCO2)S(=O)(=O)c1ccc(Cl)cc1. The highest BCUT2D eigenvalue weighted by Crippen LogP contribution is 2.34. The van der Waals surface area contributed by atoms with E-state index in [9.17, 15) is 13.5 Å². The van der Waals surface area contributed by atoms with Crippen molar-refractivity contribution >= 4 is 21.6 Å². The molecule has 0 radical (unpaired) electrons. The van der Waals surface area contributed by atoms with Gasteiger partial charge in [-0.25, -0.2) is 8.42 Å². The minimum Gasteiger partial charge on any atom is -0.454 e. The zero-order valence-electron chi connectivity index (χ0n) is 15.8. The number of halogens is 1. The molecule has 1 aliphatic heterocycles. The van der Waals surface area contributed by atoms with Gasteiger partial charge in [0.25, 0.3) is 0 Å². The summed E-state index contributed by atoms with van der Waals surface area (Å²) in [5.41, 5.74) is 0.754. The van der Waals surface area contributed by atoms with Crippen LogP contribution in [-0.4, -0.2) is 37.3 Å². The van der Waals surface area contributed by atoms with Gasteiger partial charge < -0.3 is 14.6 Å². The third-order valence-electron chi connectivity index (χ3n) is 4.56. The Bertz CT molecular complexity index is 915. The van der Waals surface area contributed by atoms with E-state index in [1.165, 1.54) is 16.4 Å². The van der Waals surface area contributed by atoms with E-state index in [0.717, 1.165) is 5.56 Å². The van der Waals surface area contributed by atoms with Crippen LogP contribution in [0.15, 0.2) is 47.4 Å². The molecule has 0 aromatic heterocycles. The third-order valence-corrected chi connectivity index (χ3v) is 6.72. The van der Waals surface area contributed by atoms with Crippen LogP contribution in [0.3, 0.4) is 0 Å². The lowest BCUT2D eigenvalue weighted by Crippen LogP contribution is -2.42. The number of nitrogens with zero attached hydrogens (tertiary/aromatic N) is 1. The third kappa shape index (κ3) is 4.60. The lowest BCUT2D eigenvalue weighted by molar-refractivity contribution is 0.164. The lowest BCUT2D eigenvalue weighted by Gasteiger charge is -2.31. The number of sulfonamides is 1. The summed E-state index contributed by atoms with van der Waals surface area (Å²) in [7, 11) is -3.84. The van der Waals surface area contributed by atoms with E-state index in [1.807, 2.05) is 19.9 Å². The van der Waals surface area contributed by atoms with Crippen molar-refractivity contribution in [1.82, 2.24) is 4.31 Å². The Kier molecular flexibility index (Phi) is 6.50. The number of aliphatic hydroxyl groups excluding tert-OH is 1. The molecule has 3 rings (SSSR count). The standard InChI is InChI=1S/C20H24ClNO5S/c1-14(2)9-17(12-23)22(28(24,25)18-6-4-16(21)5-7-18)11-15-3-8-19-20(10-15)27-13-26-19/h3-8,10,14,17,23H,9,11-13H2,1-2H3. The van der Waals surface area contributed by atoms with Crippen LogP contribution >= 0.6 is 11.6 Å². The number of ether oxygens (including phenoxy) is 2. The average Bonchev–Trinajstić information content (AvgIpc) is 3.12. The Balaban J connectivity index is 1.97. The lowest BCUT2D eigenvalue weighted by atomic mass is 10.0. The summed E-state index contributed by atoms with van der Waals surface area (Å²) in [5, 5.41) is 10.4. The molecule has 1 heterocycles. The van der Waals surface area contributed by atoms with Crippen LogP contribution in [0.25, 0.3) is 0 Å². The largest absolute Gasteiger partial charge is 0.454 e. The molecule has 0 saturated heterocycles. The zero-order valence-corrected chi connectivity index (χ0v) is 17.4. The topological polar surface area (TPSA) is 76.1 Å². The van der Waals surface area contributed by atoms with Crippen LogP contribution in [0.5, 0.6) is 11.5 Å². The first-order chi connectivity index (χ1) is 13.3. The smallest absolute Gasteiger partial charge is 0.243 e. The minimum atomic E-state index is -3.84. The van der Waals surface area contributed by atoms with Crippen molar-refractivity contribution in [1.29, 1.82) is 0 Å². The molecule has 0 amide bonds. The molecule has 152 valence electrons.